The average Bonchev–Trinajstić information content (AvgIpc) is 2.65. The third kappa shape index (κ3) is 1.90. The Morgan fingerprint density at radius 2 is 2.00 bits per heavy atom. The molecule has 10 heteroatoms. The number of aliphatic hydroxyl groups excluding tert-OH is 1. The third-order valence-electron chi connectivity index (χ3n) is 2.52. The summed E-state index contributed by atoms with van der Waals surface area (Å²) in [5.74, 6) is -1.51. The molecule has 0 atom stereocenters. The molecule has 1 aromatic rings. The molecule has 0 bridgehead atoms. The average molecular weight is 344 g/mol. The summed E-state index contributed by atoms with van der Waals surface area (Å²) in [5.41, 5.74) is -0.482. The highest BCUT2D eigenvalue weighted by molar-refractivity contribution is 7.89. The van der Waals surface area contributed by atoms with Crippen LogP contribution in [0.5, 0.6) is 0 Å². The second-order valence-electron chi connectivity index (χ2n) is 3.51. The lowest BCUT2D eigenvalue weighted by Gasteiger charge is -2.25. The van der Waals surface area contributed by atoms with Gasteiger partial charge in [0.15, 0.2) is 11.5 Å². The number of hydrogen-bond donors (Lipinski definition) is 1. The Bertz CT molecular complexity index is 706. The molecule has 0 unspecified atom stereocenters. The number of sulfonamides is 1. The van der Waals surface area contributed by atoms with Crippen LogP contribution in [0.1, 0.15) is 4.88 Å². The van der Waals surface area contributed by atoms with Crippen molar-refractivity contribution >= 4 is 56.3 Å². The molecule has 19 heavy (non-hydrogen) atoms. The normalized spacial score (nSPS) is 17.4. The first-order chi connectivity index (χ1) is 8.73. The van der Waals surface area contributed by atoms with E-state index in [4.69, 9.17) is 23.2 Å². The summed E-state index contributed by atoms with van der Waals surface area (Å²) >= 11 is 12.4. The third-order valence-corrected chi connectivity index (χ3v) is 6.58. The van der Waals surface area contributed by atoms with Crippen LogP contribution in [0.3, 0.4) is 0 Å². The first-order valence-corrected chi connectivity index (χ1v) is 7.73. The van der Waals surface area contributed by atoms with Crippen LogP contribution in [-0.2, 0) is 19.6 Å². The van der Waals surface area contributed by atoms with Crippen LogP contribution in [0.15, 0.2) is 10.6 Å². The Labute approximate surface area is 122 Å². The maximum absolute atomic E-state index is 12.3. The molecule has 2 rings (SSSR count). The van der Waals surface area contributed by atoms with E-state index in [0.29, 0.717) is 4.31 Å². The number of halogens is 2. The van der Waals surface area contributed by atoms with Gasteiger partial charge in [0.1, 0.15) is 9.23 Å². The number of aliphatic hydroxyl groups is 1. The summed E-state index contributed by atoms with van der Waals surface area (Å²) in [6.07, 6.45) is 0. The molecule has 0 aromatic carbocycles. The quantitative estimate of drug-likeness (QED) is 0.789. The topological polar surface area (TPSA) is 83.9 Å². The van der Waals surface area contributed by atoms with Crippen LogP contribution in [0.4, 0.5) is 0 Å². The van der Waals surface area contributed by atoms with Gasteiger partial charge in [-0.3, -0.25) is 4.31 Å². The molecule has 1 aromatic heterocycles. The van der Waals surface area contributed by atoms with Gasteiger partial charge < -0.3 is 9.84 Å². The maximum atomic E-state index is 12.3. The molecule has 0 fully saturated rings. The number of likely N-dealkylation sites (N-methyl/N-ethyl adjacent to an activating group) is 1. The van der Waals surface area contributed by atoms with Gasteiger partial charge in [-0.25, -0.2) is 13.2 Å². The van der Waals surface area contributed by atoms with Crippen molar-refractivity contribution in [2.45, 2.75) is 4.90 Å². The number of ether oxygens (including phenoxy) is 1. The summed E-state index contributed by atoms with van der Waals surface area (Å²) in [6.45, 7) is 0. The Balaban J connectivity index is 2.87. The van der Waals surface area contributed by atoms with Crippen molar-refractivity contribution in [3.8, 4) is 0 Å². The molecule has 0 amide bonds. The minimum atomic E-state index is -4.06. The number of nitrogens with zero attached hydrogens (tertiary/aromatic N) is 1. The molecule has 0 aliphatic carbocycles. The van der Waals surface area contributed by atoms with E-state index in [0.717, 1.165) is 25.5 Å². The van der Waals surface area contributed by atoms with Gasteiger partial charge in [0.2, 0.25) is 0 Å². The van der Waals surface area contributed by atoms with Crippen LogP contribution >= 0.6 is 34.5 Å². The summed E-state index contributed by atoms with van der Waals surface area (Å²) in [5, 5.41) is 9.85. The summed E-state index contributed by atoms with van der Waals surface area (Å²) in [7, 11) is -1.87. The molecule has 1 aliphatic heterocycles. The van der Waals surface area contributed by atoms with Gasteiger partial charge in [-0.15, -0.1) is 11.3 Å². The summed E-state index contributed by atoms with van der Waals surface area (Å²) in [4.78, 5) is 11.2. The van der Waals surface area contributed by atoms with Crippen molar-refractivity contribution in [3.05, 3.63) is 19.9 Å². The molecule has 2 heterocycles. The van der Waals surface area contributed by atoms with Crippen molar-refractivity contribution in [2.24, 2.45) is 0 Å². The largest absolute Gasteiger partial charge is 0.504 e. The molecular formula is C9H7Cl2NO5S2. The van der Waals surface area contributed by atoms with Gasteiger partial charge in [0, 0.05) is 7.05 Å². The minimum Gasteiger partial charge on any atom is -0.504 e. The van der Waals surface area contributed by atoms with Gasteiger partial charge in [0.05, 0.1) is 17.0 Å². The smallest absolute Gasteiger partial charge is 0.359 e. The van der Waals surface area contributed by atoms with E-state index in [-0.39, 0.29) is 19.1 Å². The Hall–Kier alpha value is -0.960. The van der Waals surface area contributed by atoms with Crippen LogP contribution in [0.2, 0.25) is 9.36 Å². The maximum Gasteiger partial charge on any atom is 0.359 e. The van der Waals surface area contributed by atoms with Crippen LogP contribution in [0.25, 0.3) is 5.76 Å². The fourth-order valence-corrected chi connectivity index (χ4v) is 5.13. The van der Waals surface area contributed by atoms with E-state index < -0.39 is 27.4 Å². The summed E-state index contributed by atoms with van der Waals surface area (Å²) in [6, 6.07) is 0. The van der Waals surface area contributed by atoms with Crippen molar-refractivity contribution in [1.29, 1.82) is 0 Å². The lowest BCUT2D eigenvalue weighted by Crippen LogP contribution is -2.35. The van der Waals surface area contributed by atoms with Gasteiger partial charge in [-0.2, -0.15) is 0 Å². The highest BCUT2D eigenvalue weighted by atomic mass is 35.5. The SMILES string of the molecule is COC(=O)C1=C(O)c2sc(Cl)c(Cl)c2S(=O)(=O)N1C. The van der Waals surface area contributed by atoms with Crippen molar-refractivity contribution in [2.75, 3.05) is 14.2 Å². The molecule has 1 aliphatic rings. The number of carbonyl (C=O) groups is 1. The molecular weight excluding hydrogens is 337 g/mol. The van der Waals surface area contributed by atoms with Crippen LogP contribution in [0, 0.1) is 0 Å². The zero-order valence-corrected chi connectivity index (χ0v) is 12.7. The fourth-order valence-electron chi connectivity index (χ4n) is 1.59. The molecule has 6 nitrogen and oxygen atoms in total. The zero-order chi connectivity index (χ0) is 14.5. The van der Waals surface area contributed by atoms with Gasteiger partial charge in [0.25, 0.3) is 10.0 Å². The van der Waals surface area contributed by atoms with Crippen molar-refractivity contribution in [3.63, 3.8) is 0 Å². The fraction of sp³-hybridized carbons (Fsp3) is 0.222. The number of hydrogen-bond acceptors (Lipinski definition) is 6. The standard InChI is InChI=1S/C9H7Cl2NO5S2/c1-12-4(9(14)17-2)5(13)6-7(19(12,15)16)3(10)8(11)18-6/h13H,1-2H3. The van der Waals surface area contributed by atoms with Crippen molar-refractivity contribution in [1.82, 2.24) is 4.31 Å². The predicted molar refractivity (Wildman–Crippen MR) is 70.9 cm³/mol. The monoisotopic (exact) mass is 343 g/mol. The second kappa shape index (κ2) is 4.55. The summed E-state index contributed by atoms with van der Waals surface area (Å²) < 4.78 is 29.6. The Morgan fingerprint density at radius 3 is 2.53 bits per heavy atom. The highest BCUT2D eigenvalue weighted by Crippen LogP contribution is 2.47. The Kier molecular flexibility index (Phi) is 3.46. The highest BCUT2D eigenvalue weighted by Gasteiger charge is 2.42. The van der Waals surface area contributed by atoms with Crippen LogP contribution in [-0.4, -0.2) is 38.0 Å². The molecule has 104 valence electrons. The lowest BCUT2D eigenvalue weighted by molar-refractivity contribution is -0.137. The molecule has 0 saturated heterocycles. The first kappa shape index (κ1) is 14.4. The predicted octanol–water partition coefficient (Wildman–Crippen LogP) is 2.09. The van der Waals surface area contributed by atoms with Crippen LogP contribution < -0.4 is 0 Å². The van der Waals surface area contributed by atoms with Crippen molar-refractivity contribution < 1.29 is 23.1 Å². The number of thiophene rings is 1. The van der Waals surface area contributed by atoms with Gasteiger partial charge >= 0.3 is 5.97 Å². The minimum absolute atomic E-state index is 0.0151. The molecule has 0 saturated carbocycles. The van der Waals surface area contributed by atoms with E-state index >= 15 is 0 Å². The number of methoxy groups -OCH3 is 1. The van der Waals surface area contributed by atoms with E-state index in [1.807, 2.05) is 0 Å². The number of carbonyl (C=O) groups excluding carboxylic acids is 1. The zero-order valence-electron chi connectivity index (χ0n) is 9.60. The second-order valence-corrected chi connectivity index (χ2v) is 7.42. The number of fused-ring (bicyclic) bond motifs is 1. The van der Waals surface area contributed by atoms with E-state index in [9.17, 15) is 18.3 Å². The van der Waals surface area contributed by atoms with E-state index in [1.54, 1.807) is 0 Å². The number of rotatable bonds is 1. The Morgan fingerprint density at radius 1 is 1.42 bits per heavy atom. The van der Waals surface area contributed by atoms with E-state index in [2.05, 4.69) is 4.74 Å². The molecule has 0 radical (unpaired) electrons. The van der Waals surface area contributed by atoms with Gasteiger partial charge in [-0.1, -0.05) is 23.2 Å². The molecule has 1 N–H and O–H groups in total. The lowest BCUT2D eigenvalue weighted by atomic mass is 10.3. The first-order valence-electron chi connectivity index (χ1n) is 4.72. The number of esters is 1. The molecule has 0 spiro atoms. The van der Waals surface area contributed by atoms with E-state index in [1.165, 1.54) is 0 Å². The van der Waals surface area contributed by atoms with Gasteiger partial charge in [-0.05, 0) is 0 Å².